The standard InChI is InChI=1S/C23H38N2O3S/c1-4-27-23-10-6-5-8-20(23)18-11-13-19(14-12-18)28-16-22-21(9-7-15-24-22)25-29(26)17(2)3/h5-6,8,10,17-19,21-22,24-25H,4,7,9,11-16H2,1-3H3. The van der Waals surface area contributed by atoms with E-state index < -0.39 is 11.0 Å². The monoisotopic (exact) mass is 422 g/mol. The van der Waals surface area contributed by atoms with Gasteiger partial charge in [0.05, 0.1) is 30.3 Å². The molecule has 29 heavy (non-hydrogen) atoms. The normalized spacial score (nSPS) is 29.0. The van der Waals surface area contributed by atoms with Gasteiger partial charge in [0.15, 0.2) is 0 Å². The molecule has 3 unspecified atom stereocenters. The van der Waals surface area contributed by atoms with Crippen molar-refractivity contribution in [3.8, 4) is 5.75 Å². The Hall–Kier alpha value is -0.950. The maximum Gasteiger partial charge on any atom is 0.122 e. The molecule has 0 bridgehead atoms. The molecule has 3 atom stereocenters. The zero-order valence-corrected chi connectivity index (χ0v) is 19.0. The first-order chi connectivity index (χ1) is 14.1. The van der Waals surface area contributed by atoms with Crippen molar-refractivity contribution in [3.05, 3.63) is 29.8 Å². The van der Waals surface area contributed by atoms with Gasteiger partial charge in [-0.3, -0.25) is 0 Å². The van der Waals surface area contributed by atoms with Crippen molar-refractivity contribution in [1.82, 2.24) is 10.0 Å². The number of benzene rings is 1. The van der Waals surface area contributed by atoms with E-state index in [1.165, 1.54) is 5.56 Å². The van der Waals surface area contributed by atoms with E-state index in [0.29, 0.717) is 25.2 Å². The molecule has 0 radical (unpaired) electrons. The molecule has 1 saturated heterocycles. The molecule has 2 N–H and O–H groups in total. The average molecular weight is 423 g/mol. The molecule has 3 rings (SSSR count). The second kappa shape index (κ2) is 11.4. The number of ether oxygens (including phenoxy) is 2. The summed E-state index contributed by atoms with van der Waals surface area (Å²) in [5.74, 6) is 1.60. The van der Waals surface area contributed by atoms with Crippen molar-refractivity contribution in [2.45, 2.75) is 88.7 Å². The lowest BCUT2D eigenvalue weighted by Gasteiger charge is -2.35. The maximum absolute atomic E-state index is 12.2. The summed E-state index contributed by atoms with van der Waals surface area (Å²) in [6.07, 6.45) is 6.97. The Labute approximate surface area is 178 Å². The number of hydrogen-bond acceptors (Lipinski definition) is 4. The van der Waals surface area contributed by atoms with Crippen LogP contribution in [0.5, 0.6) is 5.75 Å². The lowest BCUT2D eigenvalue weighted by atomic mass is 9.82. The number of hydrogen-bond donors (Lipinski definition) is 2. The summed E-state index contributed by atoms with van der Waals surface area (Å²) in [5, 5.41) is 3.70. The van der Waals surface area contributed by atoms with Crippen molar-refractivity contribution in [2.24, 2.45) is 0 Å². The Morgan fingerprint density at radius 2 is 1.93 bits per heavy atom. The fourth-order valence-corrected chi connectivity index (χ4v) is 5.29. The number of para-hydroxylation sites is 1. The van der Waals surface area contributed by atoms with Crippen LogP contribution in [-0.2, 0) is 15.7 Å². The van der Waals surface area contributed by atoms with Crippen molar-refractivity contribution in [3.63, 3.8) is 0 Å². The molecule has 5 nitrogen and oxygen atoms in total. The van der Waals surface area contributed by atoms with E-state index in [1.807, 2.05) is 20.8 Å². The third kappa shape index (κ3) is 6.51. The first-order valence-electron chi connectivity index (χ1n) is 11.3. The Kier molecular flexibility index (Phi) is 8.97. The minimum Gasteiger partial charge on any atom is -0.494 e. The lowest BCUT2D eigenvalue weighted by molar-refractivity contribution is 0.00516. The molecule has 0 aromatic heterocycles. The summed E-state index contributed by atoms with van der Waals surface area (Å²) >= 11 is 0. The van der Waals surface area contributed by atoms with Gasteiger partial charge >= 0.3 is 0 Å². The SMILES string of the molecule is CCOc1ccccc1C1CCC(OCC2NCCCC2NS(=O)C(C)C)CC1. The highest BCUT2D eigenvalue weighted by atomic mass is 32.2. The minimum atomic E-state index is -0.986. The van der Waals surface area contributed by atoms with Gasteiger partial charge in [0.25, 0.3) is 0 Å². The molecule has 0 spiro atoms. The fraction of sp³-hybridized carbons (Fsp3) is 0.739. The summed E-state index contributed by atoms with van der Waals surface area (Å²) in [6.45, 7) is 8.44. The average Bonchev–Trinajstić information content (AvgIpc) is 2.74. The number of piperidine rings is 1. The number of rotatable bonds is 9. The highest BCUT2D eigenvalue weighted by Crippen LogP contribution is 2.38. The third-order valence-corrected chi connectivity index (χ3v) is 7.52. The van der Waals surface area contributed by atoms with Crippen LogP contribution < -0.4 is 14.8 Å². The van der Waals surface area contributed by atoms with Crippen LogP contribution in [0.4, 0.5) is 0 Å². The maximum atomic E-state index is 12.2. The van der Waals surface area contributed by atoms with Crippen LogP contribution in [0.1, 0.15) is 70.8 Å². The predicted molar refractivity (Wildman–Crippen MR) is 120 cm³/mol. The Bertz CT molecular complexity index is 647. The highest BCUT2D eigenvalue weighted by molar-refractivity contribution is 7.83. The van der Waals surface area contributed by atoms with E-state index in [2.05, 4.69) is 34.3 Å². The largest absolute Gasteiger partial charge is 0.494 e. The first kappa shape index (κ1) is 22.7. The van der Waals surface area contributed by atoms with Gasteiger partial charge in [0, 0.05) is 17.3 Å². The van der Waals surface area contributed by atoms with E-state index >= 15 is 0 Å². The van der Waals surface area contributed by atoms with Gasteiger partial charge in [0.2, 0.25) is 0 Å². The van der Waals surface area contributed by atoms with E-state index in [4.69, 9.17) is 9.47 Å². The fourth-order valence-electron chi connectivity index (χ4n) is 4.44. The molecule has 2 fully saturated rings. The van der Waals surface area contributed by atoms with Gasteiger partial charge in [0.1, 0.15) is 5.75 Å². The van der Waals surface area contributed by atoms with Gasteiger partial charge in [-0.2, -0.15) is 0 Å². The summed E-state index contributed by atoms with van der Waals surface area (Å²) < 4.78 is 27.7. The van der Waals surface area contributed by atoms with Crippen molar-refractivity contribution in [1.29, 1.82) is 0 Å². The second-order valence-corrected chi connectivity index (χ2v) is 10.3. The van der Waals surface area contributed by atoms with Crippen LogP contribution in [-0.4, -0.2) is 47.4 Å². The molecular formula is C23H38N2O3S. The zero-order chi connectivity index (χ0) is 20.6. The van der Waals surface area contributed by atoms with Crippen LogP contribution in [0.15, 0.2) is 24.3 Å². The molecule has 1 aliphatic heterocycles. The molecule has 6 heteroatoms. The van der Waals surface area contributed by atoms with Gasteiger partial charge in [-0.05, 0) is 83.4 Å². The molecular weight excluding hydrogens is 384 g/mol. The Balaban J connectivity index is 1.47. The molecule has 1 saturated carbocycles. The molecule has 2 aliphatic rings. The van der Waals surface area contributed by atoms with E-state index in [9.17, 15) is 4.21 Å². The summed E-state index contributed by atoms with van der Waals surface area (Å²) in [6, 6.07) is 8.93. The third-order valence-electron chi connectivity index (χ3n) is 6.12. The van der Waals surface area contributed by atoms with Crippen molar-refractivity contribution >= 4 is 11.0 Å². The molecule has 164 valence electrons. The minimum absolute atomic E-state index is 0.133. The zero-order valence-electron chi connectivity index (χ0n) is 18.2. The Morgan fingerprint density at radius 3 is 2.66 bits per heavy atom. The Morgan fingerprint density at radius 1 is 1.17 bits per heavy atom. The van der Waals surface area contributed by atoms with Crippen LogP contribution in [0.25, 0.3) is 0 Å². The topological polar surface area (TPSA) is 59.6 Å². The molecule has 1 aromatic carbocycles. The lowest BCUT2D eigenvalue weighted by Crippen LogP contribution is -2.55. The van der Waals surface area contributed by atoms with Crippen LogP contribution in [0.2, 0.25) is 0 Å². The highest BCUT2D eigenvalue weighted by Gasteiger charge is 2.29. The van der Waals surface area contributed by atoms with E-state index in [0.717, 1.165) is 50.8 Å². The molecule has 1 heterocycles. The van der Waals surface area contributed by atoms with Crippen molar-refractivity contribution < 1.29 is 13.7 Å². The molecule has 1 aliphatic carbocycles. The summed E-state index contributed by atoms with van der Waals surface area (Å²) in [5.41, 5.74) is 1.35. The first-order valence-corrected chi connectivity index (χ1v) is 12.5. The van der Waals surface area contributed by atoms with Crippen LogP contribution in [0, 0.1) is 0 Å². The van der Waals surface area contributed by atoms with Gasteiger partial charge in [-0.15, -0.1) is 0 Å². The van der Waals surface area contributed by atoms with Crippen LogP contribution in [0.3, 0.4) is 0 Å². The second-order valence-electron chi connectivity index (χ2n) is 8.55. The van der Waals surface area contributed by atoms with Gasteiger partial charge in [-0.1, -0.05) is 18.2 Å². The van der Waals surface area contributed by atoms with E-state index in [1.54, 1.807) is 0 Å². The molecule has 0 amide bonds. The number of nitrogens with one attached hydrogen (secondary N) is 2. The molecule has 1 aromatic rings. The van der Waals surface area contributed by atoms with E-state index in [-0.39, 0.29) is 17.3 Å². The van der Waals surface area contributed by atoms with Gasteiger partial charge in [-0.25, -0.2) is 8.93 Å². The smallest absolute Gasteiger partial charge is 0.122 e. The van der Waals surface area contributed by atoms with Crippen molar-refractivity contribution in [2.75, 3.05) is 19.8 Å². The summed E-state index contributed by atoms with van der Waals surface area (Å²) in [7, 11) is -0.986. The quantitative estimate of drug-likeness (QED) is 0.633. The van der Waals surface area contributed by atoms with Crippen LogP contribution >= 0.6 is 0 Å². The summed E-state index contributed by atoms with van der Waals surface area (Å²) in [4.78, 5) is 0. The van der Waals surface area contributed by atoms with Gasteiger partial charge < -0.3 is 14.8 Å². The predicted octanol–water partition coefficient (Wildman–Crippen LogP) is 3.91.